The van der Waals surface area contributed by atoms with E-state index in [1.165, 1.54) is 11.3 Å². The number of aliphatic hydroxyl groups excluding tert-OH is 1. The second-order valence-corrected chi connectivity index (χ2v) is 8.75. The monoisotopic (exact) mass is 455 g/mol. The van der Waals surface area contributed by atoms with E-state index in [9.17, 15) is 19.5 Å². The molecule has 3 amide bonds. The average Bonchev–Trinajstić information content (AvgIpc) is 3.27. The van der Waals surface area contributed by atoms with Gasteiger partial charge in [0.2, 0.25) is 11.8 Å². The fourth-order valence-corrected chi connectivity index (χ4v) is 4.60. The van der Waals surface area contributed by atoms with Crippen LogP contribution in [0.25, 0.3) is 0 Å². The highest BCUT2D eigenvalue weighted by atomic mass is 16.3. The van der Waals surface area contributed by atoms with Crippen LogP contribution < -0.4 is 16.4 Å². The fourth-order valence-electron chi connectivity index (χ4n) is 4.60. The topological polar surface area (TPSA) is 149 Å². The summed E-state index contributed by atoms with van der Waals surface area (Å²) >= 11 is 0. The number of carbonyl (C=O) groups excluding carboxylic acids is 3. The summed E-state index contributed by atoms with van der Waals surface area (Å²) in [5, 5.41) is 23.5. The summed E-state index contributed by atoms with van der Waals surface area (Å²) in [6, 6.07) is 6.01. The number of nitrogens with zero attached hydrogens (tertiary/aromatic N) is 1. The molecule has 2 unspecified atom stereocenters. The zero-order valence-electron chi connectivity index (χ0n) is 19.0. The van der Waals surface area contributed by atoms with Gasteiger partial charge >= 0.3 is 0 Å². The molecule has 0 bridgehead atoms. The molecule has 1 aromatic rings. The van der Waals surface area contributed by atoms with Crippen LogP contribution in [0.15, 0.2) is 36.0 Å². The van der Waals surface area contributed by atoms with Crippen molar-refractivity contribution in [2.75, 3.05) is 18.5 Å². The molecule has 1 aliphatic carbocycles. The van der Waals surface area contributed by atoms with Gasteiger partial charge in [0.25, 0.3) is 5.91 Å². The van der Waals surface area contributed by atoms with Crippen molar-refractivity contribution in [3.63, 3.8) is 0 Å². The Kier molecular flexibility index (Phi) is 8.21. The van der Waals surface area contributed by atoms with Crippen molar-refractivity contribution in [1.82, 2.24) is 10.2 Å². The summed E-state index contributed by atoms with van der Waals surface area (Å²) in [5.41, 5.74) is 6.21. The van der Waals surface area contributed by atoms with Gasteiger partial charge in [-0.2, -0.15) is 0 Å². The van der Waals surface area contributed by atoms with E-state index in [-0.39, 0.29) is 36.7 Å². The first-order valence-electron chi connectivity index (χ1n) is 11.5. The molecule has 9 nitrogen and oxygen atoms in total. The second-order valence-electron chi connectivity index (χ2n) is 8.75. The van der Waals surface area contributed by atoms with Gasteiger partial charge in [-0.25, -0.2) is 0 Å². The van der Waals surface area contributed by atoms with Crippen LogP contribution in [-0.4, -0.2) is 58.7 Å². The normalized spacial score (nSPS) is 22.4. The Morgan fingerprint density at radius 1 is 1.24 bits per heavy atom. The van der Waals surface area contributed by atoms with E-state index in [4.69, 9.17) is 11.1 Å². The first kappa shape index (κ1) is 24.4. The maximum Gasteiger partial charge on any atom is 0.267 e. The van der Waals surface area contributed by atoms with Crippen LogP contribution in [-0.2, 0) is 14.4 Å². The molecule has 1 aliphatic heterocycles. The first-order valence-corrected chi connectivity index (χ1v) is 11.5. The summed E-state index contributed by atoms with van der Waals surface area (Å²) in [7, 11) is 0. The molecule has 0 aromatic heterocycles. The number of nitrogens with two attached hydrogens (primary N) is 1. The lowest BCUT2D eigenvalue weighted by atomic mass is 9.84. The van der Waals surface area contributed by atoms with Crippen LogP contribution in [0.3, 0.4) is 0 Å². The van der Waals surface area contributed by atoms with E-state index >= 15 is 0 Å². The Bertz CT molecular complexity index is 945. The van der Waals surface area contributed by atoms with Gasteiger partial charge in [-0.3, -0.25) is 19.8 Å². The number of nitrogens with one attached hydrogen (secondary N) is 3. The predicted molar refractivity (Wildman–Crippen MR) is 126 cm³/mol. The molecular formula is C24H33N5O4. The average molecular weight is 456 g/mol. The van der Waals surface area contributed by atoms with E-state index in [0.717, 1.165) is 25.7 Å². The Hall–Kier alpha value is -3.20. The smallest absolute Gasteiger partial charge is 0.267 e. The zero-order valence-corrected chi connectivity index (χ0v) is 19.0. The summed E-state index contributed by atoms with van der Waals surface area (Å²) in [6.45, 7) is 1.80. The Morgan fingerprint density at radius 2 is 2.00 bits per heavy atom. The number of aliphatic hydroxyl groups is 1. The molecule has 2 aliphatic rings. The Balaban J connectivity index is 1.66. The van der Waals surface area contributed by atoms with Crippen LogP contribution in [0.5, 0.6) is 0 Å². The van der Waals surface area contributed by atoms with Crippen molar-refractivity contribution in [3.05, 3.63) is 41.6 Å². The number of hydrogen-bond acceptors (Lipinski definition) is 6. The third-order valence-corrected chi connectivity index (χ3v) is 6.49. The molecule has 6 N–H and O–H groups in total. The van der Waals surface area contributed by atoms with Crippen molar-refractivity contribution < 1.29 is 19.5 Å². The number of para-hydroxylation sites is 1. The van der Waals surface area contributed by atoms with Crippen molar-refractivity contribution in [2.45, 2.75) is 57.5 Å². The van der Waals surface area contributed by atoms with Gasteiger partial charge < -0.3 is 26.4 Å². The number of primary amides is 1. The maximum atomic E-state index is 13.1. The van der Waals surface area contributed by atoms with E-state index in [1.54, 1.807) is 30.5 Å². The predicted octanol–water partition coefficient (Wildman–Crippen LogP) is 1.51. The van der Waals surface area contributed by atoms with Crippen LogP contribution in [0.1, 0.15) is 51.0 Å². The summed E-state index contributed by atoms with van der Waals surface area (Å²) in [5.74, 6) is -0.815. The van der Waals surface area contributed by atoms with Gasteiger partial charge in [0.1, 0.15) is 11.8 Å². The van der Waals surface area contributed by atoms with Crippen LogP contribution >= 0.6 is 0 Å². The molecule has 0 saturated heterocycles. The zero-order chi connectivity index (χ0) is 24.0. The minimum absolute atomic E-state index is 0.108. The Labute approximate surface area is 193 Å². The molecule has 1 aromatic carbocycles. The maximum absolute atomic E-state index is 13.1. The van der Waals surface area contributed by atoms with Crippen molar-refractivity contribution in [3.8, 4) is 0 Å². The van der Waals surface area contributed by atoms with Crippen LogP contribution in [0.4, 0.5) is 5.69 Å². The summed E-state index contributed by atoms with van der Waals surface area (Å²) in [4.78, 5) is 38.8. The molecule has 0 spiro atoms. The third kappa shape index (κ3) is 5.98. The van der Waals surface area contributed by atoms with Gasteiger partial charge in [-0.05, 0) is 30.4 Å². The van der Waals surface area contributed by atoms with Crippen molar-refractivity contribution in [2.24, 2.45) is 11.7 Å². The number of anilines is 1. The minimum atomic E-state index is -0.865. The highest BCUT2D eigenvalue weighted by Crippen LogP contribution is 2.28. The number of amides is 3. The molecule has 1 saturated carbocycles. The molecule has 178 valence electrons. The third-order valence-electron chi connectivity index (χ3n) is 6.49. The SMILES string of the molecule is CCC1CCCC(NC(=O)[C@@H]2CC(CO)=CN2C(=O)CNc2ccccc2C(=N)C(N)=O)C1. The quantitative estimate of drug-likeness (QED) is 0.358. The molecule has 9 heteroatoms. The summed E-state index contributed by atoms with van der Waals surface area (Å²) < 4.78 is 0. The lowest BCUT2D eigenvalue weighted by Gasteiger charge is -2.31. The lowest BCUT2D eigenvalue weighted by Crippen LogP contribution is -2.50. The molecule has 1 fully saturated rings. The molecule has 3 rings (SSSR count). The van der Waals surface area contributed by atoms with Gasteiger partial charge in [0.05, 0.1) is 13.2 Å². The van der Waals surface area contributed by atoms with Crippen LogP contribution in [0, 0.1) is 11.3 Å². The highest BCUT2D eigenvalue weighted by Gasteiger charge is 2.35. The van der Waals surface area contributed by atoms with Gasteiger partial charge in [-0.1, -0.05) is 44.4 Å². The van der Waals surface area contributed by atoms with Gasteiger partial charge in [-0.15, -0.1) is 0 Å². The first-order chi connectivity index (χ1) is 15.8. The van der Waals surface area contributed by atoms with Gasteiger partial charge in [0, 0.05) is 29.9 Å². The highest BCUT2D eigenvalue weighted by molar-refractivity contribution is 6.44. The number of benzene rings is 1. The largest absolute Gasteiger partial charge is 0.392 e. The van der Waals surface area contributed by atoms with E-state index < -0.39 is 11.9 Å². The Morgan fingerprint density at radius 3 is 2.70 bits per heavy atom. The van der Waals surface area contributed by atoms with E-state index in [0.29, 0.717) is 29.2 Å². The molecule has 33 heavy (non-hydrogen) atoms. The number of rotatable bonds is 9. The summed E-state index contributed by atoms with van der Waals surface area (Å²) in [6.07, 6.45) is 7.09. The number of carbonyl (C=O) groups is 3. The second kappa shape index (κ2) is 11.1. The van der Waals surface area contributed by atoms with Crippen LogP contribution in [0.2, 0.25) is 0 Å². The standard InChI is InChI=1S/C24H33N5O4/c1-2-15-6-5-7-17(10-15)28-24(33)20-11-16(14-30)13-29(20)21(31)12-27-19-9-4-3-8-18(19)22(25)23(26)32/h3-4,8-9,13,15,17,20,25,27,30H,2,5-7,10-12,14H2,1H3,(H2,26,32)(H,28,33)/t15?,17?,20-/m0/s1. The molecule has 0 radical (unpaired) electrons. The van der Waals surface area contributed by atoms with E-state index in [1.807, 2.05) is 0 Å². The van der Waals surface area contributed by atoms with E-state index in [2.05, 4.69) is 17.6 Å². The van der Waals surface area contributed by atoms with Gasteiger partial charge in [0.15, 0.2) is 0 Å². The van der Waals surface area contributed by atoms with Crippen molar-refractivity contribution >= 4 is 29.1 Å². The molecular weight excluding hydrogens is 422 g/mol. The fraction of sp³-hybridized carbons (Fsp3) is 0.500. The minimum Gasteiger partial charge on any atom is -0.392 e. The van der Waals surface area contributed by atoms with Crippen molar-refractivity contribution in [1.29, 1.82) is 5.41 Å². The molecule has 1 heterocycles. The lowest BCUT2D eigenvalue weighted by molar-refractivity contribution is -0.136. The number of hydrogen-bond donors (Lipinski definition) is 5. The molecule has 3 atom stereocenters.